The molecular weight excluding hydrogens is 266 g/mol. The Hall–Kier alpha value is -1.53. The van der Waals surface area contributed by atoms with Gasteiger partial charge in [-0.15, -0.1) is 10.1 Å². The maximum Gasteiger partial charge on any atom is 0.508 e. The van der Waals surface area contributed by atoms with E-state index in [0.29, 0.717) is 19.3 Å². The quantitative estimate of drug-likeness (QED) is 0.295. The Kier molecular flexibility index (Phi) is 7.94. The van der Waals surface area contributed by atoms with Gasteiger partial charge in [-0.2, -0.15) is 0 Å². The van der Waals surface area contributed by atoms with Gasteiger partial charge < -0.3 is 14.3 Å². The van der Waals surface area contributed by atoms with Crippen molar-refractivity contribution in [1.29, 1.82) is 0 Å². The molecule has 0 spiro atoms. The second-order valence-electron chi connectivity index (χ2n) is 5.86. The Balaban J connectivity index is 3.65. The van der Waals surface area contributed by atoms with Gasteiger partial charge in [0.25, 0.3) is 5.09 Å². The summed E-state index contributed by atoms with van der Waals surface area (Å²) in [5.41, 5.74) is -0.131. The highest BCUT2D eigenvalue weighted by Crippen LogP contribution is 2.21. The van der Waals surface area contributed by atoms with Crippen LogP contribution in [-0.2, 0) is 14.3 Å². The number of ether oxygens (including phenoxy) is 2. The number of carbonyl (C=O) groups is 1. The number of unbranched alkanes of at least 4 members (excludes halogenated alkanes) is 1. The third kappa shape index (κ3) is 9.41. The van der Waals surface area contributed by atoms with Gasteiger partial charge in [0.15, 0.2) is 0 Å². The first-order chi connectivity index (χ1) is 9.12. The molecule has 7 nitrogen and oxygen atoms in total. The van der Waals surface area contributed by atoms with E-state index in [-0.39, 0.29) is 18.1 Å². The second-order valence-corrected chi connectivity index (χ2v) is 5.86. The Bertz CT molecular complexity index is 312. The van der Waals surface area contributed by atoms with Crippen LogP contribution in [0.3, 0.4) is 0 Å². The molecule has 1 unspecified atom stereocenters. The molecule has 0 saturated heterocycles. The molecule has 7 heteroatoms. The summed E-state index contributed by atoms with van der Waals surface area (Å²) in [4.78, 5) is 25.8. The van der Waals surface area contributed by atoms with E-state index in [2.05, 4.69) is 4.84 Å². The first-order valence-electron chi connectivity index (χ1n) is 6.77. The molecule has 0 rings (SSSR count). The van der Waals surface area contributed by atoms with Crippen LogP contribution in [0.4, 0.5) is 4.79 Å². The van der Waals surface area contributed by atoms with Gasteiger partial charge in [0.05, 0.1) is 6.61 Å². The number of hydrogen-bond acceptors (Lipinski definition) is 6. The zero-order valence-corrected chi connectivity index (χ0v) is 12.9. The van der Waals surface area contributed by atoms with Gasteiger partial charge >= 0.3 is 6.16 Å². The highest BCUT2D eigenvalue weighted by molar-refractivity contribution is 5.60. The standard InChI is InChI=1S/C13H25NO6/c1-10(20-14(16)17)8-6-7-9-18-12(15)19-11(2)13(3,4)5/h10-11H,6-9H2,1-5H3/t10-,11?/m0/s1. The molecule has 0 amide bonds. The molecule has 0 radical (unpaired) electrons. The number of carbonyl (C=O) groups excluding carboxylic acids is 1. The first-order valence-corrected chi connectivity index (χ1v) is 6.77. The molecule has 0 fully saturated rings. The molecule has 0 aromatic heterocycles. The van der Waals surface area contributed by atoms with Gasteiger partial charge in [0, 0.05) is 0 Å². The van der Waals surface area contributed by atoms with Crippen molar-refractivity contribution in [2.75, 3.05) is 6.61 Å². The molecule has 0 aliphatic heterocycles. The van der Waals surface area contributed by atoms with E-state index in [0.717, 1.165) is 0 Å². The normalized spacial score (nSPS) is 14.2. The third-order valence-electron chi connectivity index (χ3n) is 2.98. The summed E-state index contributed by atoms with van der Waals surface area (Å²) in [6.07, 6.45) is 0.475. The van der Waals surface area contributed by atoms with Crippen molar-refractivity contribution in [3.63, 3.8) is 0 Å². The molecule has 0 aliphatic carbocycles. The number of nitrogens with zero attached hydrogens (tertiary/aromatic N) is 1. The lowest BCUT2D eigenvalue weighted by Gasteiger charge is -2.26. The molecule has 0 aromatic rings. The Morgan fingerprint density at radius 1 is 1.25 bits per heavy atom. The molecule has 0 N–H and O–H groups in total. The van der Waals surface area contributed by atoms with Crippen LogP contribution >= 0.6 is 0 Å². The highest BCUT2D eigenvalue weighted by atomic mass is 17.0. The Labute approximate surface area is 119 Å². The first kappa shape index (κ1) is 18.5. The van der Waals surface area contributed by atoms with Gasteiger partial charge in [-0.25, -0.2) is 4.79 Å². The monoisotopic (exact) mass is 291 g/mol. The molecule has 118 valence electrons. The average molecular weight is 291 g/mol. The molecule has 2 atom stereocenters. The van der Waals surface area contributed by atoms with Crippen molar-refractivity contribution in [2.45, 2.75) is 66.1 Å². The summed E-state index contributed by atoms with van der Waals surface area (Å²) in [7, 11) is 0. The van der Waals surface area contributed by atoms with Gasteiger partial charge in [-0.3, -0.25) is 0 Å². The predicted octanol–water partition coefficient (Wildman–Crippen LogP) is 3.34. The summed E-state index contributed by atoms with van der Waals surface area (Å²) in [5, 5.41) is 9.27. The maximum absolute atomic E-state index is 11.4. The maximum atomic E-state index is 11.4. The molecular formula is C13H25NO6. The fourth-order valence-electron chi connectivity index (χ4n) is 1.24. The second kappa shape index (κ2) is 8.60. The largest absolute Gasteiger partial charge is 0.508 e. The Morgan fingerprint density at radius 2 is 1.85 bits per heavy atom. The molecule has 0 aliphatic rings. The highest BCUT2D eigenvalue weighted by Gasteiger charge is 2.24. The van der Waals surface area contributed by atoms with Gasteiger partial charge in [0.2, 0.25) is 0 Å². The van der Waals surface area contributed by atoms with E-state index >= 15 is 0 Å². The average Bonchev–Trinajstić information content (AvgIpc) is 2.25. The third-order valence-corrected chi connectivity index (χ3v) is 2.98. The van der Waals surface area contributed by atoms with Crippen LogP contribution in [0.25, 0.3) is 0 Å². The number of hydrogen-bond donors (Lipinski definition) is 0. The summed E-state index contributed by atoms with van der Waals surface area (Å²) in [6.45, 7) is 9.60. The summed E-state index contributed by atoms with van der Waals surface area (Å²) >= 11 is 0. The van der Waals surface area contributed by atoms with Crippen LogP contribution in [0.2, 0.25) is 0 Å². The minimum atomic E-state index is -0.799. The van der Waals surface area contributed by atoms with Crippen LogP contribution in [0.15, 0.2) is 0 Å². The number of rotatable bonds is 8. The van der Waals surface area contributed by atoms with Gasteiger partial charge in [-0.1, -0.05) is 20.8 Å². The van der Waals surface area contributed by atoms with Crippen LogP contribution in [0.1, 0.15) is 53.9 Å². The van der Waals surface area contributed by atoms with Crippen molar-refractivity contribution >= 4 is 6.16 Å². The van der Waals surface area contributed by atoms with E-state index in [9.17, 15) is 14.9 Å². The zero-order valence-electron chi connectivity index (χ0n) is 12.9. The topological polar surface area (TPSA) is 87.9 Å². The molecule has 20 heavy (non-hydrogen) atoms. The van der Waals surface area contributed by atoms with Crippen molar-refractivity contribution in [3.8, 4) is 0 Å². The summed E-state index contributed by atoms with van der Waals surface area (Å²) in [6, 6.07) is 0. The van der Waals surface area contributed by atoms with Crippen LogP contribution in [0, 0.1) is 15.5 Å². The lowest BCUT2D eigenvalue weighted by molar-refractivity contribution is -0.767. The lowest BCUT2D eigenvalue weighted by Crippen LogP contribution is -2.29. The van der Waals surface area contributed by atoms with E-state index in [1.807, 2.05) is 27.7 Å². The fraction of sp³-hybridized carbons (Fsp3) is 0.923. The SMILES string of the molecule is CC(OC(=O)OCCCC[C@H](C)O[N+](=O)[O-])C(C)(C)C. The van der Waals surface area contributed by atoms with Gasteiger partial charge in [-0.05, 0) is 38.5 Å². The van der Waals surface area contributed by atoms with Crippen molar-refractivity contribution < 1.29 is 24.2 Å². The van der Waals surface area contributed by atoms with Crippen molar-refractivity contribution in [1.82, 2.24) is 0 Å². The lowest BCUT2D eigenvalue weighted by atomic mass is 9.90. The van der Waals surface area contributed by atoms with E-state index in [1.54, 1.807) is 6.92 Å². The van der Waals surface area contributed by atoms with Crippen LogP contribution in [0.5, 0.6) is 0 Å². The molecule has 0 heterocycles. The van der Waals surface area contributed by atoms with Crippen molar-refractivity contribution in [2.24, 2.45) is 5.41 Å². The zero-order chi connectivity index (χ0) is 15.8. The Morgan fingerprint density at radius 3 is 2.35 bits per heavy atom. The van der Waals surface area contributed by atoms with E-state index < -0.39 is 17.3 Å². The molecule has 0 aromatic carbocycles. The molecule has 0 bridgehead atoms. The van der Waals surface area contributed by atoms with Crippen LogP contribution < -0.4 is 0 Å². The van der Waals surface area contributed by atoms with E-state index in [1.165, 1.54) is 0 Å². The summed E-state index contributed by atoms with van der Waals surface area (Å²) < 4.78 is 10.1. The van der Waals surface area contributed by atoms with Gasteiger partial charge in [0.1, 0.15) is 12.2 Å². The minimum Gasteiger partial charge on any atom is -0.434 e. The van der Waals surface area contributed by atoms with E-state index in [4.69, 9.17) is 9.47 Å². The fourth-order valence-corrected chi connectivity index (χ4v) is 1.24. The minimum absolute atomic E-state index is 0.131. The van der Waals surface area contributed by atoms with Crippen molar-refractivity contribution in [3.05, 3.63) is 10.1 Å². The predicted molar refractivity (Wildman–Crippen MR) is 72.7 cm³/mol. The molecule has 0 saturated carbocycles. The van der Waals surface area contributed by atoms with Crippen LogP contribution in [-0.4, -0.2) is 30.1 Å². The summed E-state index contributed by atoms with van der Waals surface area (Å²) in [5.74, 6) is 0. The smallest absolute Gasteiger partial charge is 0.434 e.